The standard InChI is InChI=1S/C18H30N6O2/c19-14-4-3-13(11-23(12-14)15-5-8-26-9-6-15)18(25)20-10-17-22-21-16-2-1-7-24(16)17/h13-15H,1-12,19H2,(H,20,25)/t13-,14+/m1/s1. The molecule has 1 aromatic rings. The van der Waals surface area contributed by atoms with Gasteiger partial charge in [0, 0.05) is 51.4 Å². The fourth-order valence-corrected chi connectivity index (χ4v) is 4.47. The first-order chi connectivity index (χ1) is 12.7. The molecular formula is C18H30N6O2. The summed E-state index contributed by atoms with van der Waals surface area (Å²) in [5.74, 6) is 2.02. The number of nitrogens with zero attached hydrogens (tertiary/aromatic N) is 4. The van der Waals surface area contributed by atoms with Crippen LogP contribution >= 0.6 is 0 Å². The maximum absolute atomic E-state index is 12.8. The zero-order chi connectivity index (χ0) is 17.9. The zero-order valence-electron chi connectivity index (χ0n) is 15.4. The second-order valence-electron chi connectivity index (χ2n) is 7.84. The Hall–Kier alpha value is -1.51. The molecule has 26 heavy (non-hydrogen) atoms. The van der Waals surface area contributed by atoms with Crippen molar-refractivity contribution in [2.45, 2.75) is 63.7 Å². The highest BCUT2D eigenvalue weighted by atomic mass is 16.5. The van der Waals surface area contributed by atoms with Gasteiger partial charge in [-0.3, -0.25) is 9.69 Å². The number of aromatic nitrogens is 3. The number of nitrogens with one attached hydrogen (secondary N) is 1. The van der Waals surface area contributed by atoms with Crippen molar-refractivity contribution in [1.29, 1.82) is 0 Å². The van der Waals surface area contributed by atoms with Crippen LogP contribution in [0.5, 0.6) is 0 Å². The normalized spacial score (nSPS) is 27.9. The van der Waals surface area contributed by atoms with Crippen LogP contribution in [0.15, 0.2) is 0 Å². The summed E-state index contributed by atoms with van der Waals surface area (Å²) in [6.07, 6.45) is 5.93. The maximum Gasteiger partial charge on any atom is 0.224 e. The van der Waals surface area contributed by atoms with Gasteiger partial charge in [0.1, 0.15) is 5.82 Å². The Morgan fingerprint density at radius 1 is 1.19 bits per heavy atom. The number of nitrogens with two attached hydrogens (primary N) is 1. The van der Waals surface area contributed by atoms with Gasteiger partial charge in [-0.2, -0.15) is 0 Å². The number of rotatable bonds is 4. The van der Waals surface area contributed by atoms with Crippen molar-refractivity contribution in [3.63, 3.8) is 0 Å². The number of carbonyl (C=O) groups excluding carboxylic acids is 1. The second-order valence-corrected chi connectivity index (χ2v) is 7.84. The number of aryl methyl sites for hydroxylation is 1. The lowest BCUT2D eigenvalue weighted by atomic mass is 10.0. The first-order valence-electron chi connectivity index (χ1n) is 9.96. The molecule has 3 aliphatic rings. The predicted octanol–water partition coefficient (Wildman–Crippen LogP) is 0.0588. The lowest BCUT2D eigenvalue weighted by Crippen LogP contribution is -2.47. The smallest absolute Gasteiger partial charge is 0.224 e. The molecule has 0 aromatic carbocycles. The summed E-state index contributed by atoms with van der Waals surface area (Å²) in [6, 6.07) is 0.637. The number of fused-ring (bicyclic) bond motifs is 1. The molecule has 1 amide bonds. The fourth-order valence-electron chi connectivity index (χ4n) is 4.47. The average Bonchev–Trinajstić information content (AvgIpc) is 3.21. The van der Waals surface area contributed by atoms with Crippen molar-refractivity contribution >= 4 is 5.91 Å². The summed E-state index contributed by atoms with van der Waals surface area (Å²) in [4.78, 5) is 15.3. The maximum atomic E-state index is 12.8. The van der Waals surface area contributed by atoms with Crippen LogP contribution in [-0.4, -0.2) is 64.0 Å². The van der Waals surface area contributed by atoms with Crippen LogP contribution in [0.2, 0.25) is 0 Å². The predicted molar refractivity (Wildman–Crippen MR) is 96.3 cm³/mol. The van der Waals surface area contributed by atoms with E-state index in [0.29, 0.717) is 12.6 Å². The van der Waals surface area contributed by atoms with E-state index >= 15 is 0 Å². The Kier molecular flexibility index (Phi) is 5.52. The van der Waals surface area contributed by atoms with E-state index in [1.165, 1.54) is 0 Å². The molecule has 3 aliphatic heterocycles. The van der Waals surface area contributed by atoms with E-state index in [4.69, 9.17) is 10.5 Å². The molecule has 3 N–H and O–H groups in total. The highest BCUT2D eigenvalue weighted by Gasteiger charge is 2.31. The number of hydrogen-bond donors (Lipinski definition) is 2. The molecule has 2 fully saturated rings. The molecule has 8 heteroatoms. The molecule has 0 aliphatic carbocycles. The third kappa shape index (κ3) is 3.92. The number of ether oxygens (including phenoxy) is 1. The molecule has 0 saturated carbocycles. The molecule has 144 valence electrons. The van der Waals surface area contributed by atoms with Crippen molar-refractivity contribution in [3.8, 4) is 0 Å². The highest BCUT2D eigenvalue weighted by molar-refractivity contribution is 5.78. The lowest BCUT2D eigenvalue weighted by molar-refractivity contribution is -0.126. The van der Waals surface area contributed by atoms with Crippen LogP contribution < -0.4 is 11.1 Å². The van der Waals surface area contributed by atoms with Gasteiger partial charge in [-0.1, -0.05) is 0 Å². The Balaban J connectivity index is 1.36. The Labute approximate surface area is 154 Å². The van der Waals surface area contributed by atoms with E-state index in [1.54, 1.807) is 0 Å². The van der Waals surface area contributed by atoms with Crippen molar-refractivity contribution < 1.29 is 9.53 Å². The molecular weight excluding hydrogens is 332 g/mol. The third-order valence-electron chi connectivity index (χ3n) is 5.99. The van der Waals surface area contributed by atoms with Gasteiger partial charge in [-0.25, -0.2) is 0 Å². The van der Waals surface area contributed by atoms with Crippen LogP contribution in [0, 0.1) is 5.92 Å². The van der Waals surface area contributed by atoms with E-state index in [1.807, 2.05) is 0 Å². The quantitative estimate of drug-likeness (QED) is 0.786. The Morgan fingerprint density at radius 2 is 2.04 bits per heavy atom. The number of amides is 1. The largest absolute Gasteiger partial charge is 0.381 e. The van der Waals surface area contributed by atoms with Crippen LogP contribution in [0.3, 0.4) is 0 Å². The molecule has 2 atom stereocenters. The SMILES string of the molecule is N[C@H]1CC[C@@H](C(=O)NCc2nnc3n2CCC3)CN(C2CCOCC2)C1. The van der Waals surface area contributed by atoms with Gasteiger partial charge >= 0.3 is 0 Å². The van der Waals surface area contributed by atoms with E-state index in [2.05, 4.69) is 25.0 Å². The van der Waals surface area contributed by atoms with Gasteiger partial charge in [0.05, 0.1) is 12.5 Å². The number of hydrogen-bond acceptors (Lipinski definition) is 6. The molecule has 4 rings (SSSR count). The molecule has 0 spiro atoms. The first-order valence-corrected chi connectivity index (χ1v) is 9.96. The molecule has 0 bridgehead atoms. The third-order valence-corrected chi connectivity index (χ3v) is 5.99. The van der Waals surface area contributed by atoms with E-state index in [-0.39, 0.29) is 17.9 Å². The summed E-state index contributed by atoms with van der Waals surface area (Å²) in [5, 5.41) is 11.5. The summed E-state index contributed by atoms with van der Waals surface area (Å²) < 4.78 is 7.62. The molecule has 4 heterocycles. The monoisotopic (exact) mass is 362 g/mol. The summed E-state index contributed by atoms with van der Waals surface area (Å²) >= 11 is 0. The molecule has 2 saturated heterocycles. The van der Waals surface area contributed by atoms with Crippen molar-refractivity contribution in [2.24, 2.45) is 11.7 Å². The summed E-state index contributed by atoms with van der Waals surface area (Å²) in [5.41, 5.74) is 6.28. The van der Waals surface area contributed by atoms with Crippen molar-refractivity contribution in [3.05, 3.63) is 11.6 Å². The minimum atomic E-state index is -0.00707. The van der Waals surface area contributed by atoms with Crippen molar-refractivity contribution in [2.75, 3.05) is 26.3 Å². The number of likely N-dealkylation sites (tertiary alicyclic amines) is 1. The Morgan fingerprint density at radius 3 is 2.88 bits per heavy atom. The van der Waals surface area contributed by atoms with Gasteiger partial charge < -0.3 is 20.4 Å². The topological polar surface area (TPSA) is 98.3 Å². The average molecular weight is 362 g/mol. The van der Waals surface area contributed by atoms with Crippen molar-refractivity contribution in [1.82, 2.24) is 25.0 Å². The van der Waals surface area contributed by atoms with Gasteiger partial charge in [0.15, 0.2) is 5.82 Å². The summed E-state index contributed by atoms with van der Waals surface area (Å²) in [6.45, 7) is 4.72. The fraction of sp³-hybridized carbons (Fsp3) is 0.833. The molecule has 1 aromatic heterocycles. The van der Waals surface area contributed by atoms with Gasteiger partial charge in [0.25, 0.3) is 0 Å². The number of carbonyl (C=O) groups is 1. The minimum Gasteiger partial charge on any atom is -0.381 e. The van der Waals surface area contributed by atoms with E-state index in [0.717, 1.165) is 83.0 Å². The van der Waals surface area contributed by atoms with Gasteiger partial charge in [-0.15, -0.1) is 10.2 Å². The van der Waals surface area contributed by atoms with Crippen LogP contribution in [0.4, 0.5) is 0 Å². The Bertz CT molecular complexity index is 627. The highest BCUT2D eigenvalue weighted by Crippen LogP contribution is 2.23. The van der Waals surface area contributed by atoms with Gasteiger partial charge in [-0.05, 0) is 32.1 Å². The van der Waals surface area contributed by atoms with Crippen LogP contribution in [0.1, 0.15) is 43.8 Å². The second kappa shape index (κ2) is 8.02. The van der Waals surface area contributed by atoms with Crippen LogP contribution in [-0.2, 0) is 29.0 Å². The van der Waals surface area contributed by atoms with E-state index in [9.17, 15) is 4.79 Å². The summed E-state index contributed by atoms with van der Waals surface area (Å²) in [7, 11) is 0. The lowest BCUT2D eigenvalue weighted by Gasteiger charge is -2.35. The minimum absolute atomic E-state index is 0.00707. The molecule has 0 radical (unpaired) electrons. The first kappa shape index (κ1) is 17.9. The molecule has 8 nitrogen and oxygen atoms in total. The molecule has 0 unspecified atom stereocenters. The van der Waals surface area contributed by atoms with E-state index < -0.39 is 0 Å². The van der Waals surface area contributed by atoms with Gasteiger partial charge in [0.2, 0.25) is 5.91 Å². The zero-order valence-corrected chi connectivity index (χ0v) is 15.4. The van der Waals surface area contributed by atoms with Crippen LogP contribution in [0.25, 0.3) is 0 Å².